The van der Waals surface area contributed by atoms with Crippen LogP contribution in [-0.4, -0.2) is 20.1 Å². The highest BCUT2D eigenvalue weighted by atomic mass is 32.2. The van der Waals surface area contributed by atoms with E-state index in [1.54, 1.807) is 25.1 Å². The van der Waals surface area contributed by atoms with E-state index in [-0.39, 0.29) is 5.75 Å². The van der Waals surface area contributed by atoms with E-state index in [9.17, 15) is 8.42 Å². The Bertz CT molecular complexity index is 752. The zero-order valence-electron chi connectivity index (χ0n) is 11.0. The molecule has 0 atom stereocenters. The molecular formula is C13H15N3O3S. The van der Waals surface area contributed by atoms with E-state index in [1.165, 1.54) is 4.31 Å². The van der Waals surface area contributed by atoms with E-state index in [4.69, 9.17) is 10.3 Å². The Morgan fingerprint density at radius 3 is 2.90 bits per heavy atom. The van der Waals surface area contributed by atoms with Crippen molar-refractivity contribution in [3.8, 4) is 0 Å². The molecule has 7 heteroatoms. The molecule has 2 heterocycles. The van der Waals surface area contributed by atoms with Crippen LogP contribution < -0.4 is 10.0 Å². The number of rotatable bonds is 3. The summed E-state index contributed by atoms with van der Waals surface area (Å²) in [6, 6.07) is 6.93. The van der Waals surface area contributed by atoms with Crippen molar-refractivity contribution in [3.05, 3.63) is 41.3 Å². The summed E-state index contributed by atoms with van der Waals surface area (Å²) in [6.07, 6.45) is 0.678. The first-order valence-corrected chi connectivity index (χ1v) is 7.88. The summed E-state index contributed by atoms with van der Waals surface area (Å²) in [5.74, 6) is 0.443. The van der Waals surface area contributed by atoms with Gasteiger partial charge in [-0.05, 0) is 37.1 Å². The minimum atomic E-state index is -3.46. The maximum absolute atomic E-state index is 12.5. The third kappa shape index (κ3) is 2.24. The third-order valence-corrected chi connectivity index (χ3v) is 5.01. The smallest absolute Gasteiger partial charge is 0.241 e. The molecule has 0 bridgehead atoms. The zero-order chi connectivity index (χ0) is 14.3. The summed E-state index contributed by atoms with van der Waals surface area (Å²) in [5.41, 5.74) is 8.46. The van der Waals surface area contributed by atoms with Crippen LogP contribution >= 0.6 is 0 Å². The van der Waals surface area contributed by atoms with E-state index in [2.05, 4.69) is 5.16 Å². The number of hydrogen-bond donors (Lipinski definition) is 1. The summed E-state index contributed by atoms with van der Waals surface area (Å²) in [6.45, 7) is 2.18. The summed E-state index contributed by atoms with van der Waals surface area (Å²) < 4.78 is 31.3. The summed E-state index contributed by atoms with van der Waals surface area (Å²) >= 11 is 0. The summed E-state index contributed by atoms with van der Waals surface area (Å²) in [5, 5.41) is 3.74. The van der Waals surface area contributed by atoms with Gasteiger partial charge in [-0.2, -0.15) is 0 Å². The van der Waals surface area contributed by atoms with Crippen LogP contribution in [0.2, 0.25) is 0 Å². The van der Waals surface area contributed by atoms with Gasteiger partial charge in [-0.15, -0.1) is 0 Å². The van der Waals surface area contributed by atoms with Crippen LogP contribution in [0.5, 0.6) is 0 Å². The number of aromatic nitrogens is 1. The SMILES string of the molecule is Cc1cc(CS(=O)(=O)N2CCc3cc(N)ccc32)no1. The Kier molecular flexibility index (Phi) is 2.93. The van der Waals surface area contributed by atoms with Gasteiger partial charge >= 0.3 is 0 Å². The Morgan fingerprint density at radius 2 is 2.20 bits per heavy atom. The van der Waals surface area contributed by atoms with Gasteiger partial charge in [0.15, 0.2) is 0 Å². The second-order valence-corrected chi connectivity index (χ2v) is 6.79. The first kappa shape index (κ1) is 13.0. The van der Waals surface area contributed by atoms with Crippen molar-refractivity contribution in [2.75, 3.05) is 16.6 Å². The number of aryl methyl sites for hydroxylation is 1. The molecule has 0 radical (unpaired) electrons. The lowest BCUT2D eigenvalue weighted by molar-refractivity contribution is 0.392. The molecule has 20 heavy (non-hydrogen) atoms. The standard InChI is InChI=1S/C13H15N3O3S/c1-9-6-12(15-19-9)8-20(17,18)16-5-4-10-7-11(14)2-3-13(10)16/h2-3,6-7H,4-5,8,14H2,1H3. The fraction of sp³-hybridized carbons (Fsp3) is 0.308. The number of sulfonamides is 1. The Labute approximate surface area is 117 Å². The van der Waals surface area contributed by atoms with Crippen LogP contribution in [0.4, 0.5) is 11.4 Å². The number of anilines is 2. The molecule has 1 aromatic heterocycles. The predicted molar refractivity (Wildman–Crippen MR) is 75.8 cm³/mol. The zero-order valence-corrected chi connectivity index (χ0v) is 11.9. The quantitative estimate of drug-likeness (QED) is 0.865. The number of fused-ring (bicyclic) bond motifs is 1. The van der Waals surface area contributed by atoms with Crippen molar-refractivity contribution >= 4 is 21.4 Å². The van der Waals surface area contributed by atoms with Crippen LogP contribution in [0.25, 0.3) is 0 Å². The van der Waals surface area contributed by atoms with E-state index >= 15 is 0 Å². The topological polar surface area (TPSA) is 89.4 Å². The van der Waals surface area contributed by atoms with Gasteiger partial charge in [-0.3, -0.25) is 4.31 Å². The first-order chi connectivity index (χ1) is 9.45. The Morgan fingerprint density at radius 1 is 1.40 bits per heavy atom. The molecule has 0 unspecified atom stereocenters. The molecule has 1 aliphatic heterocycles. The first-order valence-electron chi connectivity index (χ1n) is 6.27. The third-order valence-electron chi connectivity index (χ3n) is 3.30. The largest absolute Gasteiger partial charge is 0.399 e. The molecule has 106 valence electrons. The van der Waals surface area contributed by atoms with Crippen LogP contribution in [0.1, 0.15) is 17.0 Å². The van der Waals surface area contributed by atoms with E-state index < -0.39 is 10.0 Å². The molecule has 3 rings (SSSR count). The van der Waals surface area contributed by atoms with Gasteiger partial charge < -0.3 is 10.3 Å². The second-order valence-electron chi connectivity index (χ2n) is 4.90. The average Bonchev–Trinajstić information content (AvgIpc) is 2.94. The lowest BCUT2D eigenvalue weighted by Gasteiger charge is -2.18. The van der Waals surface area contributed by atoms with E-state index in [0.717, 1.165) is 5.56 Å². The van der Waals surface area contributed by atoms with Crippen molar-refractivity contribution < 1.29 is 12.9 Å². The summed E-state index contributed by atoms with van der Waals surface area (Å²) in [4.78, 5) is 0. The van der Waals surface area contributed by atoms with Crippen LogP contribution in [-0.2, 0) is 22.2 Å². The normalized spacial score (nSPS) is 14.6. The molecule has 0 fully saturated rings. The molecule has 0 spiro atoms. The molecule has 0 amide bonds. The highest BCUT2D eigenvalue weighted by molar-refractivity contribution is 7.92. The van der Waals surface area contributed by atoms with Gasteiger partial charge in [0.1, 0.15) is 17.2 Å². The number of hydrogen-bond acceptors (Lipinski definition) is 5. The molecule has 0 saturated carbocycles. The van der Waals surface area contributed by atoms with Crippen molar-refractivity contribution in [2.45, 2.75) is 19.1 Å². The van der Waals surface area contributed by atoms with Crippen LogP contribution in [0, 0.1) is 6.92 Å². The van der Waals surface area contributed by atoms with Gasteiger partial charge in [0.05, 0.1) is 5.69 Å². The molecule has 6 nitrogen and oxygen atoms in total. The molecule has 0 aliphatic carbocycles. The average molecular weight is 293 g/mol. The fourth-order valence-corrected chi connectivity index (χ4v) is 3.94. The van der Waals surface area contributed by atoms with Crippen molar-refractivity contribution in [1.29, 1.82) is 0 Å². The number of nitrogen functional groups attached to an aromatic ring is 1. The van der Waals surface area contributed by atoms with Crippen LogP contribution in [0.15, 0.2) is 28.8 Å². The van der Waals surface area contributed by atoms with Gasteiger partial charge in [-0.25, -0.2) is 8.42 Å². The highest BCUT2D eigenvalue weighted by Crippen LogP contribution is 2.32. The highest BCUT2D eigenvalue weighted by Gasteiger charge is 2.30. The van der Waals surface area contributed by atoms with Crippen molar-refractivity contribution in [3.63, 3.8) is 0 Å². The molecule has 2 aromatic rings. The lowest BCUT2D eigenvalue weighted by Crippen LogP contribution is -2.30. The van der Waals surface area contributed by atoms with E-state index in [1.807, 2.05) is 6.07 Å². The predicted octanol–water partition coefficient (Wildman–Crippen LogP) is 1.46. The number of nitrogens with two attached hydrogens (primary N) is 1. The number of benzene rings is 1. The van der Waals surface area contributed by atoms with Gasteiger partial charge in [0.2, 0.25) is 10.0 Å². The molecule has 1 aliphatic rings. The van der Waals surface area contributed by atoms with Crippen molar-refractivity contribution in [1.82, 2.24) is 5.16 Å². The lowest BCUT2D eigenvalue weighted by atomic mass is 10.1. The molecular weight excluding hydrogens is 278 g/mol. The van der Waals surface area contributed by atoms with Crippen molar-refractivity contribution in [2.24, 2.45) is 0 Å². The molecule has 1 aromatic carbocycles. The monoisotopic (exact) mass is 293 g/mol. The fourth-order valence-electron chi connectivity index (χ4n) is 2.43. The maximum Gasteiger partial charge on any atom is 0.241 e. The maximum atomic E-state index is 12.5. The minimum Gasteiger partial charge on any atom is -0.399 e. The number of nitrogens with zero attached hydrogens (tertiary/aromatic N) is 2. The Hall–Kier alpha value is -2.02. The van der Waals surface area contributed by atoms with E-state index in [0.29, 0.717) is 35.8 Å². The van der Waals surface area contributed by atoms with Gasteiger partial charge in [0.25, 0.3) is 0 Å². The summed E-state index contributed by atoms with van der Waals surface area (Å²) in [7, 11) is -3.46. The van der Waals surface area contributed by atoms with Crippen LogP contribution in [0.3, 0.4) is 0 Å². The minimum absolute atomic E-state index is 0.159. The van der Waals surface area contributed by atoms with Gasteiger partial charge in [0, 0.05) is 18.3 Å². The second kappa shape index (κ2) is 4.52. The molecule has 0 saturated heterocycles. The Balaban J connectivity index is 1.90. The van der Waals surface area contributed by atoms with Gasteiger partial charge in [-0.1, -0.05) is 5.16 Å². The molecule has 2 N–H and O–H groups in total.